The molecule has 0 radical (unpaired) electrons. The lowest BCUT2D eigenvalue weighted by molar-refractivity contribution is -0.160. The predicted molar refractivity (Wildman–Crippen MR) is 56.1 cm³/mol. The Labute approximate surface area is 89.1 Å². The Morgan fingerprint density at radius 1 is 1.27 bits per heavy atom. The third-order valence-electron chi connectivity index (χ3n) is 2.03. The van der Waals surface area contributed by atoms with Gasteiger partial charge in [-0.25, -0.2) is 0 Å². The molecule has 0 aliphatic heterocycles. The number of rotatable bonds is 3. The van der Waals surface area contributed by atoms with Gasteiger partial charge < -0.3 is 4.74 Å². The quantitative estimate of drug-likeness (QED) is 0.561. The zero-order valence-electron chi connectivity index (χ0n) is 8.90. The molecule has 3 heteroatoms. The van der Waals surface area contributed by atoms with Crippen LogP contribution in [0.2, 0.25) is 0 Å². The van der Waals surface area contributed by atoms with Gasteiger partial charge in [0.1, 0.15) is 0 Å². The van der Waals surface area contributed by atoms with Gasteiger partial charge in [-0.05, 0) is 12.0 Å². The molecule has 0 heterocycles. The summed E-state index contributed by atoms with van der Waals surface area (Å²) in [6.07, 6.45) is 0.590. The van der Waals surface area contributed by atoms with Crippen LogP contribution in [0.25, 0.3) is 0 Å². The average Bonchev–Trinajstić information content (AvgIpc) is 2.18. The highest BCUT2D eigenvalue weighted by molar-refractivity contribution is 5.85. The fourth-order valence-electron chi connectivity index (χ4n) is 1.29. The maximum Gasteiger partial charge on any atom is 0.316 e. The maximum absolute atomic E-state index is 11.3. The highest BCUT2D eigenvalue weighted by atomic mass is 16.6. The lowest BCUT2D eigenvalue weighted by atomic mass is 10.0. The van der Waals surface area contributed by atoms with Crippen molar-refractivity contribution in [3.8, 4) is 0 Å². The van der Waals surface area contributed by atoms with E-state index >= 15 is 0 Å². The van der Waals surface area contributed by atoms with Gasteiger partial charge in [-0.1, -0.05) is 37.3 Å². The Bertz CT molecular complexity index is 343. The van der Waals surface area contributed by atoms with Crippen molar-refractivity contribution in [2.75, 3.05) is 0 Å². The standard InChI is InChI=1S/C12H14O3/c1-9(12(14)15-10(2)13)8-11-6-4-3-5-7-11/h3-7,9H,8H2,1-2H3. The highest BCUT2D eigenvalue weighted by Gasteiger charge is 2.16. The van der Waals surface area contributed by atoms with Gasteiger partial charge in [-0.2, -0.15) is 0 Å². The minimum atomic E-state index is -0.556. The van der Waals surface area contributed by atoms with Crippen LogP contribution in [0, 0.1) is 5.92 Å². The Morgan fingerprint density at radius 3 is 2.40 bits per heavy atom. The van der Waals surface area contributed by atoms with E-state index in [1.807, 2.05) is 30.3 Å². The predicted octanol–water partition coefficient (Wildman–Crippen LogP) is 1.95. The van der Waals surface area contributed by atoms with Gasteiger partial charge in [0.25, 0.3) is 0 Å². The summed E-state index contributed by atoms with van der Waals surface area (Å²) in [5, 5.41) is 0. The first kappa shape index (κ1) is 11.4. The normalized spacial score (nSPS) is 11.9. The molecule has 0 aromatic heterocycles. The van der Waals surface area contributed by atoms with E-state index in [2.05, 4.69) is 4.74 Å². The van der Waals surface area contributed by atoms with Crippen LogP contribution in [0.3, 0.4) is 0 Å². The summed E-state index contributed by atoms with van der Waals surface area (Å²) in [4.78, 5) is 21.9. The van der Waals surface area contributed by atoms with Gasteiger partial charge in [0.15, 0.2) is 0 Å². The third-order valence-corrected chi connectivity index (χ3v) is 2.03. The van der Waals surface area contributed by atoms with E-state index < -0.39 is 11.9 Å². The molecular weight excluding hydrogens is 192 g/mol. The molecule has 80 valence electrons. The van der Waals surface area contributed by atoms with E-state index in [0.717, 1.165) is 5.56 Å². The second-order valence-corrected chi connectivity index (χ2v) is 3.50. The molecule has 1 atom stereocenters. The molecule has 1 aromatic rings. The van der Waals surface area contributed by atoms with Crippen molar-refractivity contribution in [1.82, 2.24) is 0 Å². The Balaban J connectivity index is 2.52. The molecule has 0 amide bonds. The van der Waals surface area contributed by atoms with Crippen LogP contribution >= 0.6 is 0 Å². The molecule has 15 heavy (non-hydrogen) atoms. The molecule has 0 aliphatic carbocycles. The van der Waals surface area contributed by atoms with E-state index in [4.69, 9.17) is 0 Å². The number of carbonyl (C=O) groups excluding carboxylic acids is 2. The van der Waals surface area contributed by atoms with E-state index in [1.165, 1.54) is 6.92 Å². The fraction of sp³-hybridized carbons (Fsp3) is 0.333. The summed E-state index contributed by atoms with van der Waals surface area (Å²) in [5.74, 6) is -1.32. The zero-order chi connectivity index (χ0) is 11.3. The SMILES string of the molecule is CC(=O)OC(=O)C(C)Cc1ccccc1. The lowest BCUT2D eigenvalue weighted by Crippen LogP contribution is -2.19. The lowest BCUT2D eigenvalue weighted by Gasteiger charge is -2.08. The smallest absolute Gasteiger partial charge is 0.316 e. The Kier molecular flexibility index (Phi) is 4.03. The van der Waals surface area contributed by atoms with Gasteiger partial charge in [0, 0.05) is 6.92 Å². The second-order valence-electron chi connectivity index (χ2n) is 3.50. The first-order valence-electron chi connectivity index (χ1n) is 4.86. The zero-order valence-corrected chi connectivity index (χ0v) is 8.90. The number of benzene rings is 1. The van der Waals surface area contributed by atoms with Crippen LogP contribution in [0.5, 0.6) is 0 Å². The number of ether oxygens (including phenoxy) is 1. The molecule has 1 rings (SSSR count). The van der Waals surface area contributed by atoms with Crippen molar-refractivity contribution < 1.29 is 14.3 Å². The largest absolute Gasteiger partial charge is 0.393 e. The first-order chi connectivity index (χ1) is 7.09. The molecule has 0 saturated carbocycles. The molecule has 0 N–H and O–H groups in total. The van der Waals surface area contributed by atoms with Crippen LogP contribution < -0.4 is 0 Å². The van der Waals surface area contributed by atoms with E-state index in [1.54, 1.807) is 6.92 Å². The van der Waals surface area contributed by atoms with Crippen molar-refractivity contribution in [2.24, 2.45) is 5.92 Å². The van der Waals surface area contributed by atoms with Crippen LogP contribution in [0.4, 0.5) is 0 Å². The summed E-state index contributed by atoms with van der Waals surface area (Å²) in [5.41, 5.74) is 1.06. The monoisotopic (exact) mass is 206 g/mol. The van der Waals surface area contributed by atoms with E-state index in [-0.39, 0.29) is 5.92 Å². The van der Waals surface area contributed by atoms with Crippen molar-refractivity contribution >= 4 is 11.9 Å². The molecular formula is C12H14O3. The number of esters is 2. The van der Waals surface area contributed by atoms with Gasteiger partial charge in [-0.15, -0.1) is 0 Å². The van der Waals surface area contributed by atoms with Crippen molar-refractivity contribution in [2.45, 2.75) is 20.3 Å². The minimum Gasteiger partial charge on any atom is -0.393 e. The van der Waals surface area contributed by atoms with Gasteiger partial charge >= 0.3 is 11.9 Å². The molecule has 0 saturated heterocycles. The third kappa shape index (κ3) is 3.94. The van der Waals surface area contributed by atoms with Gasteiger partial charge in [-0.3, -0.25) is 9.59 Å². The van der Waals surface area contributed by atoms with Gasteiger partial charge in [0.2, 0.25) is 0 Å². The maximum atomic E-state index is 11.3. The summed E-state index contributed by atoms with van der Waals surface area (Å²) in [6, 6.07) is 9.63. The first-order valence-corrected chi connectivity index (χ1v) is 4.86. The summed E-state index contributed by atoms with van der Waals surface area (Å²) in [6.45, 7) is 2.98. The summed E-state index contributed by atoms with van der Waals surface area (Å²) < 4.78 is 4.51. The topological polar surface area (TPSA) is 43.4 Å². The summed E-state index contributed by atoms with van der Waals surface area (Å²) in [7, 11) is 0. The number of hydrogen-bond acceptors (Lipinski definition) is 3. The average molecular weight is 206 g/mol. The molecule has 0 spiro atoms. The van der Waals surface area contributed by atoms with Gasteiger partial charge in [0.05, 0.1) is 5.92 Å². The van der Waals surface area contributed by atoms with E-state index in [9.17, 15) is 9.59 Å². The molecule has 0 bridgehead atoms. The van der Waals surface area contributed by atoms with Crippen LogP contribution in [-0.2, 0) is 20.7 Å². The molecule has 0 aliphatic rings. The van der Waals surface area contributed by atoms with Crippen LogP contribution in [0.1, 0.15) is 19.4 Å². The minimum absolute atomic E-state index is 0.295. The molecule has 1 aromatic carbocycles. The molecule has 1 unspecified atom stereocenters. The van der Waals surface area contributed by atoms with Crippen molar-refractivity contribution in [3.63, 3.8) is 0 Å². The van der Waals surface area contributed by atoms with Crippen LogP contribution in [0.15, 0.2) is 30.3 Å². The fourth-order valence-corrected chi connectivity index (χ4v) is 1.29. The molecule has 3 nitrogen and oxygen atoms in total. The highest BCUT2D eigenvalue weighted by Crippen LogP contribution is 2.09. The van der Waals surface area contributed by atoms with E-state index in [0.29, 0.717) is 6.42 Å². The summed E-state index contributed by atoms with van der Waals surface area (Å²) >= 11 is 0. The Morgan fingerprint density at radius 2 is 1.87 bits per heavy atom. The Hall–Kier alpha value is -1.64. The number of carbonyl (C=O) groups is 2. The second kappa shape index (κ2) is 5.29. The van der Waals surface area contributed by atoms with Crippen molar-refractivity contribution in [3.05, 3.63) is 35.9 Å². The van der Waals surface area contributed by atoms with Crippen molar-refractivity contribution in [1.29, 1.82) is 0 Å². The number of hydrogen-bond donors (Lipinski definition) is 0. The molecule has 0 fully saturated rings. The van der Waals surface area contributed by atoms with Crippen LogP contribution in [-0.4, -0.2) is 11.9 Å².